The van der Waals surface area contributed by atoms with Crippen LogP contribution in [0.4, 0.5) is 0 Å². The first-order valence-electron chi connectivity index (χ1n) is 6.12. The molecule has 0 amide bonds. The van der Waals surface area contributed by atoms with Gasteiger partial charge in [-0.3, -0.25) is 0 Å². The van der Waals surface area contributed by atoms with Gasteiger partial charge in [-0.15, -0.1) is 6.58 Å². The van der Waals surface area contributed by atoms with E-state index in [4.69, 9.17) is 0 Å². The Balaban J connectivity index is 2.72. The molecule has 15 heavy (non-hydrogen) atoms. The first kappa shape index (κ1) is 12.8. The van der Waals surface area contributed by atoms with Crippen LogP contribution in [0.1, 0.15) is 59.8 Å². The fourth-order valence-electron chi connectivity index (χ4n) is 3.18. The number of allylic oxidation sites excluding steroid dienone is 1. The molecule has 1 saturated carbocycles. The Morgan fingerprint density at radius 1 is 1.33 bits per heavy atom. The van der Waals surface area contributed by atoms with Crippen LogP contribution in [0.5, 0.6) is 0 Å². The van der Waals surface area contributed by atoms with Crippen LogP contribution < -0.4 is 0 Å². The van der Waals surface area contributed by atoms with E-state index >= 15 is 0 Å². The molecule has 0 heterocycles. The fraction of sp³-hybridized carbons (Fsp3) is 0.857. The summed E-state index contributed by atoms with van der Waals surface area (Å²) in [6.07, 6.45) is 5.48. The Morgan fingerprint density at radius 2 is 1.93 bits per heavy atom. The largest absolute Gasteiger partial charge is 0.390 e. The van der Waals surface area contributed by atoms with Crippen LogP contribution in [0.2, 0.25) is 0 Å². The average molecular weight is 210 g/mol. The molecule has 1 aliphatic carbocycles. The maximum absolute atomic E-state index is 10.5. The van der Waals surface area contributed by atoms with Crippen molar-refractivity contribution in [3.8, 4) is 0 Å². The van der Waals surface area contributed by atoms with E-state index in [1.807, 2.05) is 6.92 Å². The Labute approximate surface area is 94.6 Å². The molecule has 0 aromatic carbocycles. The first-order chi connectivity index (χ1) is 6.76. The van der Waals surface area contributed by atoms with Gasteiger partial charge >= 0.3 is 0 Å². The van der Waals surface area contributed by atoms with Gasteiger partial charge in [-0.2, -0.15) is 0 Å². The summed E-state index contributed by atoms with van der Waals surface area (Å²) in [5.74, 6) is 0.412. The summed E-state index contributed by atoms with van der Waals surface area (Å²) in [7, 11) is 0. The molecular weight excluding hydrogens is 184 g/mol. The number of aliphatic hydroxyl groups is 1. The van der Waals surface area contributed by atoms with Crippen LogP contribution in [-0.4, -0.2) is 10.7 Å². The Bertz CT molecular complexity index is 222. The third-order valence-electron chi connectivity index (χ3n) is 4.06. The van der Waals surface area contributed by atoms with Gasteiger partial charge in [0.2, 0.25) is 0 Å². The third-order valence-corrected chi connectivity index (χ3v) is 4.06. The minimum atomic E-state index is -0.475. The fourth-order valence-corrected chi connectivity index (χ4v) is 3.18. The van der Waals surface area contributed by atoms with Gasteiger partial charge in [0, 0.05) is 0 Å². The molecule has 1 fully saturated rings. The number of hydrogen-bond acceptors (Lipinski definition) is 1. The van der Waals surface area contributed by atoms with E-state index in [0.717, 1.165) is 25.7 Å². The van der Waals surface area contributed by atoms with E-state index in [2.05, 4.69) is 27.4 Å². The Hall–Kier alpha value is -0.300. The monoisotopic (exact) mass is 210 g/mol. The lowest BCUT2D eigenvalue weighted by Gasteiger charge is -2.48. The van der Waals surface area contributed by atoms with E-state index in [1.54, 1.807) is 0 Å². The Morgan fingerprint density at radius 3 is 2.40 bits per heavy atom. The normalized spacial score (nSPS) is 35.1. The lowest BCUT2D eigenvalue weighted by Crippen LogP contribution is -2.46. The predicted octanol–water partition coefficient (Wildman–Crippen LogP) is 3.92. The van der Waals surface area contributed by atoms with Crippen LogP contribution in [-0.2, 0) is 0 Å². The Kier molecular flexibility index (Phi) is 3.65. The van der Waals surface area contributed by atoms with Crippen molar-refractivity contribution < 1.29 is 5.11 Å². The maximum atomic E-state index is 10.5. The highest BCUT2D eigenvalue weighted by Gasteiger charge is 2.44. The molecule has 1 rings (SSSR count). The molecule has 1 aliphatic rings. The van der Waals surface area contributed by atoms with Crippen molar-refractivity contribution in [3.05, 3.63) is 12.2 Å². The molecule has 0 unspecified atom stereocenters. The van der Waals surface area contributed by atoms with Crippen molar-refractivity contribution in [3.63, 3.8) is 0 Å². The zero-order valence-corrected chi connectivity index (χ0v) is 10.8. The van der Waals surface area contributed by atoms with E-state index in [9.17, 15) is 5.11 Å². The molecule has 0 saturated heterocycles. The van der Waals surface area contributed by atoms with E-state index < -0.39 is 5.60 Å². The van der Waals surface area contributed by atoms with Gasteiger partial charge in [0.15, 0.2) is 0 Å². The molecule has 0 bridgehead atoms. The van der Waals surface area contributed by atoms with E-state index in [1.165, 1.54) is 12.0 Å². The summed E-state index contributed by atoms with van der Waals surface area (Å²) in [5.41, 5.74) is 1.03. The van der Waals surface area contributed by atoms with E-state index in [-0.39, 0.29) is 5.41 Å². The smallest absolute Gasteiger partial charge is 0.0653 e. The van der Waals surface area contributed by atoms with Crippen LogP contribution >= 0.6 is 0 Å². The molecule has 1 nitrogen and oxygen atoms in total. The second-order valence-corrected chi connectivity index (χ2v) is 6.25. The molecule has 0 radical (unpaired) electrons. The van der Waals surface area contributed by atoms with Crippen LogP contribution in [0, 0.1) is 11.3 Å². The van der Waals surface area contributed by atoms with Crippen LogP contribution in [0.15, 0.2) is 12.2 Å². The van der Waals surface area contributed by atoms with Crippen molar-refractivity contribution in [2.24, 2.45) is 11.3 Å². The highest BCUT2D eigenvalue weighted by atomic mass is 16.3. The highest BCUT2D eigenvalue weighted by Crippen LogP contribution is 2.48. The lowest BCUT2D eigenvalue weighted by molar-refractivity contribution is -0.0918. The molecule has 0 aromatic heterocycles. The lowest BCUT2D eigenvalue weighted by atomic mass is 9.60. The maximum Gasteiger partial charge on any atom is 0.0653 e. The SMILES string of the molecule is C=C(C)CC[C@H]1C(C)(C)CCC[C@]1(C)O. The average Bonchev–Trinajstić information content (AvgIpc) is 1.99. The molecule has 2 atom stereocenters. The molecule has 88 valence electrons. The van der Waals surface area contributed by atoms with Gasteiger partial charge in [-0.05, 0) is 50.9 Å². The molecule has 0 spiro atoms. The topological polar surface area (TPSA) is 20.2 Å². The summed E-state index contributed by atoms with van der Waals surface area (Å²) in [6.45, 7) is 12.6. The number of hydrogen-bond donors (Lipinski definition) is 1. The van der Waals surface area contributed by atoms with Crippen molar-refractivity contribution in [2.75, 3.05) is 0 Å². The second-order valence-electron chi connectivity index (χ2n) is 6.25. The van der Waals surface area contributed by atoms with Gasteiger partial charge < -0.3 is 5.11 Å². The summed E-state index contributed by atoms with van der Waals surface area (Å²) >= 11 is 0. The standard InChI is InChI=1S/C14H26O/c1-11(2)7-8-12-13(3,4)9-6-10-14(12,5)15/h12,15H,1,6-10H2,2-5H3/t12-,14-/m0/s1. The van der Waals surface area contributed by atoms with Gasteiger partial charge in [-0.25, -0.2) is 0 Å². The van der Waals surface area contributed by atoms with Gasteiger partial charge in [0.05, 0.1) is 5.60 Å². The summed E-state index contributed by atoms with van der Waals surface area (Å²) in [4.78, 5) is 0. The highest BCUT2D eigenvalue weighted by molar-refractivity contribution is 4.98. The molecule has 1 heteroatoms. The van der Waals surface area contributed by atoms with Crippen molar-refractivity contribution in [1.29, 1.82) is 0 Å². The van der Waals surface area contributed by atoms with Crippen molar-refractivity contribution >= 4 is 0 Å². The molecule has 0 aliphatic heterocycles. The minimum absolute atomic E-state index is 0.275. The summed E-state index contributed by atoms with van der Waals surface area (Å²) in [5, 5.41) is 10.5. The summed E-state index contributed by atoms with van der Waals surface area (Å²) < 4.78 is 0. The van der Waals surface area contributed by atoms with Gasteiger partial charge in [-0.1, -0.05) is 25.8 Å². The first-order valence-corrected chi connectivity index (χ1v) is 6.12. The quantitative estimate of drug-likeness (QED) is 0.700. The number of rotatable bonds is 3. The summed E-state index contributed by atoms with van der Waals surface area (Å²) in [6, 6.07) is 0. The molecule has 1 N–H and O–H groups in total. The zero-order valence-electron chi connectivity index (χ0n) is 10.8. The second kappa shape index (κ2) is 4.29. The van der Waals surface area contributed by atoms with Crippen LogP contribution in [0.3, 0.4) is 0 Å². The van der Waals surface area contributed by atoms with Crippen molar-refractivity contribution in [1.82, 2.24) is 0 Å². The molecule has 0 aromatic rings. The minimum Gasteiger partial charge on any atom is -0.390 e. The third kappa shape index (κ3) is 3.07. The van der Waals surface area contributed by atoms with Gasteiger partial charge in [0.25, 0.3) is 0 Å². The molecular formula is C14H26O. The van der Waals surface area contributed by atoms with Crippen molar-refractivity contribution in [2.45, 2.75) is 65.4 Å². The predicted molar refractivity (Wildman–Crippen MR) is 65.8 cm³/mol. The zero-order chi connectivity index (χ0) is 11.7. The van der Waals surface area contributed by atoms with E-state index in [0.29, 0.717) is 5.92 Å². The van der Waals surface area contributed by atoms with Crippen LogP contribution in [0.25, 0.3) is 0 Å². The van der Waals surface area contributed by atoms with Gasteiger partial charge in [0.1, 0.15) is 0 Å².